The number of piperidine rings is 1. The van der Waals surface area contributed by atoms with Gasteiger partial charge < -0.3 is 10.2 Å². The van der Waals surface area contributed by atoms with Crippen LogP contribution in [0.5, 0.6) is 0 Å². The highest BCUT2D eigenvalue weighted by atomic mass is 16.1. The van der Waals surface area contributed by atoms with Crippen LogP contribution >= 0.6 is 0 Å². The summed E-state index contributed by atoms with van der Waals surface area (Å²) >= 11 is 0. The zero-order valence-corrected chi connectivity index (χ0v) is 14.9. The average Bonchev–Trinajstić information content (AvgIpc) is 2.62. The fraction of sp³-hybridized carbons (Fsp3) is 0.474. The van der Waals surface area contributed by atoms with Crippen LogP contribution in [-0.4, -0.2) is 40.5 Å². The Bertz CT molecular complexity index is 699. The number of hydrogen-bond acceptors (Lipinski definition) is 5. The molecule has 1 N–H and O–H groups in total. The van der Waals surface area contributed by atoms with Crippen LogP contribution in [-0.2, 0) is 11.2 Å². The summed E-state index contributed by atoms with van der Waals surface area (Å²) in [6, 6.07) is 7.81. The molecule has 1 fully saturated rings. The lowest BCUT2D eigenvalue weighted by molar-refractivity contribution is -0.125. The van der Waals surface area contributed by atoms with Crippen molar-refractivity contribution in [2.24, 2.45) is 5.92 Å². The van der Waals surface area contributed by atoms with Crippen LogP contribution < -0.4 is 10.2 Å². The van der Waals surface area contributed by atoms with Crippen molar-refractivity contribution in [3.8, 4) is 0 Å². The van der Waals surface area contributed by atoms with Crippen LogP contribution in [0.15, 0.2) is 30.5 Å². The molecular weight excluding hydrogens is 314 g/mol. The van der Waals surface area contributed by atoms with Gasteiger partial charge in [0.1, 0.15) is 0 Å². The number of pyridine rings is 1. The van der Waals surface area contributed by atoms with Crippen LogP contribution in [0.25, 0.3) is 0 Å². The van der Waals surface area contributed by atoms with Crippen molar-refractivity contribution in [2.45, 2.75) is 33.1 Å². The Kier molecular flexibility index (Phi) is 5.58. The summed E-state index contributed by atoms with van der Waals surface area (Å²) in [7, 11) is 0. The predicted octanol–water partition coefficient (Wildman–Crippen LogP) is 2.06. The number of aryl methyl sites for hydroxylation is 2. The third-order valence-corrected chi connectivity index (χ3v) is 4.45. The number of rotatable bonds is 5. The average molecular weight is 339 g/mol. The second-order valence-electron chi connectivity index (χ2n) is 6.60. The lowest BCUT2D eigenvalue weighted by atomic mass is 9.97. The smallest absolute Gasteiger partial charge is 0.225 e. The van der Waals surface area contributed by atoms with E-state index < -0.39 is 0 Å². The van der Waals surface area contributed by atoms with E-state index >= 15 is 0 Å². The van der Waals surface area contributed by atoms with Gasteiger partial charge in [0.05, 0.1) is 5.92 Å². The molecule has 0 aromatic carbocycles. The molecule has 1 saturated heterocycles. The molecule has 6 heteroatoms. The molecule has 0 unspecified atom stereocenters. The second kappa shape index (κ2) is 8.05. The molecule has 2 aromatic heterocycles. The number of anilines is 1. The van der Waals surface area contributed by atoms with Gasteiger partial charge in [-0.1, -0.05) is 6.07 Å². The zero-order valence-electron chi connectivity index (χ0n) is 14.9. The molecule has 25 heavy (non-hydrogen) atoms. The number of amides is 1. The van der Waals surface area contributed by atoms with E-state index in [1.165, 1.54) is 0 Å². The summed E-state index contributed by atoms with van der Waals surface area (Å²) in [5.41, 5.74) is 2.92. The maximum atomic E-state index is 12.5. The predicted molar refractivity (Wildman–Crippen MR) is 97.4 cm³/mol. The minimum Gasteiger partial charge on any atom is -0.355 e. The van der Waals surface area contributed by atoms with Crippen LogP contribution in [0.4, 0.5) is 5.95 Å². The Morgan fingerprint density at radius 3 is 2.80 bits per heavy atom. The molecule has 0 saturated carbocycles. The summed E-state index contributed by atoms with van der Waals surface area (Å²) in [4.78, 5) is 28.0. The standard InChI is InChI=1S/C19H25N5O/c1-14-12-15(2)23-19(22-14)24-11-5-6-16(13-24)18(25)21-10-8-17-7-3-4-9-20-17/h3-4,7,9,12,16H,5-6,8,10-11,13H2,1-2H3,(H,21,25)/t16-/m1/s1. The minimum absolute atomic E-state index is 0.0121. The molecule has 6 nitrogen and oxygen atoms in total. The largest absolute Gasteiger partial charge is 0.355 e. The van der Waals surface area contributed by atoms with Gasteiger partial charge in [0.15, 0.2) is 0 Å². The number of aromatic nitrogens is 3. The molecule has 3 rings (SSSR count). The van der Waals surface area contributed by atoms with Gasteiger partial charge in [-0.3, -0.25) is 9.78 Å². The van der Waals surface area contributed by atoms with E-state index in [1.807, 2.05) is 38.1 Å². The first-order valence-corrected chi connectivity index (χ1v) is 8.86. The maximum Gasteiger partial charge on any atom is 0.225 e. The van der Waals surface area contributed by atoms with Gasteiger partial charge in [0.25, 0.3) is 0 Å². The number of nitrogens with one attached hydrogen (secondary N) is 1. The van der Waals surface area contributed by atoms with Crippen LogP contribution in [0.1, 0.15) is 29.9 Å². The Morgan fingerprint density at radius 2 is 2.08 bits per heavy atom. The fourth-order valence-electron chi connectivity index (χ4n) is 3.23. The Hall–Kier alpha value is -2.50. The second-order valence-corrected chi connectivity index (χ2v) is 6.60. The quantitative estimate of drug-likeness (QED) is 0.903. The summed E-state index contributed by atoms with van der Waals surface area (Å²) in [6.45, 7) is 6.15. The Labute approximate surface area is 148 Å². The SMILES string of the molecule is Cc1cc(C)nc(N2CCC[C@@H](C(=O)NCCc3ccccn3)C2)n1. The number of carbonyl (C=O) groups is 1. The van der Waals surface area contributed by atoms with Gasteiger partial charge in [-0.05, 0) is 44.9 Å². The summed E-state index contributed by atoms with van der Waals surface area (Å²) < 4.78 is 0. The van der Waals surface area contributed by atoms with E-state index in [-0.39, 0.29) is 11.8 Å². The van der Waals surface area contributed by atoms with Gasteiger partial charge in [0.2, 0.25) is 11.9 Å². The highest BCUT2D eigenvalue weighted by Gasteiger charge is 2.27. The highest BCUT2D eigenvalue weighted by Crippen LogP contribution is 2.21. The van der Waals surface area contributed by atoms with Gasteiger partial charge in [0, 0.05) is 49.3 Å². The van der Waals surface area contributed by atoms with E-state index in [9.17, 15) is 4.79 Å². The first-order valence-electron chi connectivity index (χ1n) is 8.86. The van der Waals surface area contributed by atoms with E-state index in [0.717, 1.165) is 48.8 Å². The molecule has 1 aliphatic heterocycles. The monoisotopic (exact) mass is 339 g/mol. The van der Waals surface area contributed by atoms with Crippen molar-refractivity contribution in [3.63, 3.8) is 0 Å². The number of carbonyl (C=O) groups excluding carboxylic acids is 1. The first-order chi connectivity index (χ1) is 12.1. The van der Waals surface area contributed by atoms with Crippen LogP contribution in [0.2, 0.25) is 0 Å². The highest BCUT2D eigenvalue weighted by molar-refractivity contribution is 5.79. The van der Waals surface area contributed by atoms with Crippen molar-refractivity contribution in [1.82, 2.24) is 20.3 Å². The third kappa shape index (κ3) is 4.75. The van der Waals surface area contributed by atoms with Crippen LogP contribution in [0.3, 0.4) is 0 Å². The number of hydrogen-bond donors (Lipinski definition) is 1. The molecule has 0 aliphatic carbocycles. The molecule has 1 amide bonds. The van der Waals surface area contributed by atoms with Gasteiger partial charge in [-0.15, -0.1) is 0 Å². The van der Waals surface area contributed by atoms with Gasteiger partial charge in [-0.25, -0.2) is 9.97 Å². The minimum atomic E-state index is -0.0121. The van der Waals surface area contributed by atoms with E-state index in [4.69, 9.17) is 0 Å². The van der Waals surface area contributed by atoms with E-state index in [0.29, 0.717) is 13.1 Å². The number of nitrogens with zero attached hydrogens (tertiary/aromatic N) is 4. The summed E-state index contributed by atoms with van der Waals surface area (Å²) in [5.74, 6) is 0.843. The molecule has 2 aromatic rings. The molecule has 0 bridgehead atoms. The Morgan fingerprint density at radius 1 is 1.28 bits per heavy atom. The summed E-state index contributed by atoms with van der Waals surface area (Å²) in [6.07, 6.45) is 4.43. The topological polar surface area (TPSA) is 71.0 Å². The fourth-order valence-corrected chi connectivity index (χ4v) is 3.23. The lowest BCUT2D eigenvalue weighted by Gasteiger charge is -2.32. The molecular formula is C19H25N5O. The van der Waals surface area contributed by atoms with Crippen molar-refractivity contribution >= 4 is 11.9 Å². The third-order valence-electron chi connectivity index (χ3n) is 4.45. The lowest BCUT2D eigenvalue weighted by Crippen LogP contribution is -2.44. The zero-order chi connectivity index (χ0) is 17.6. The van der Waals surface area contributed by atoms with Crippen molar-refractivity contribution in [2.75, 3.05) is 24.5 Å². The maximum absolute atomic E-state index is 12.5. The van der Waals surface area contributed by atoms with E-state index in [2.05, 4.69) is 25.2 Å². The molecule has 1 aliphatic rings. The first kappa shape index (κ1) is 17.3. The molecule has 3 heterocycles. The summed E-state index contributed by atoms with van der Waals surface area (Å²) in [5, 5.41) is 3.05. The van der Waals surface area contributed by atoms with Gasteiger partial charge >= 0.3 is 0 Å². The molecule has 1 atom stereocenters. The Balaban J connectivity index is 1.54. The van der Waals surface area contributed by atoms with E-state index in [1.54, 1.807) is 6.20 Å². The van der Waals surface area contributed by atoms with Crippen molar-refractivity contribution in [1.29, 1.82) is 0 Å². The van der Waals surface area contributed by atoms with Crippen LogP contribution in [0, 0.1) is 19.8 Å². The van der Waals surface area contributed by atoms with Gasteiger partial charge in [-0.2, -0.15) is 0 Å². The normalized spacial score (nSPS) is 17.4. The van der Waals surface area contributed by atoms with Crippen molar-refractivity contribution < 1.29 is 4.79 Å². The molecule has 132 valence electrons. The molecule has 0 spiro atoms. The molecule has 0 radical (unpaired) electrons. The van der Waals surface area contributed by atoms with Crippen molar-refractivity contribution in [3.05, 3.63) is 47.5 Å².